The third-order valence-corrected chi connectivity index (χ3v) is 3.93. The van der Waals surface area contributed by atoms with Gasteiger partial charge in [0.15, 0.2) is 0 Å². The van der Waals surface area contributed by atoms with Gasteiger partial charge in [0.1, 0.15) is 0 Å². The molecule has 7 heteroatoms. The Morgan fingerprint density at radius 2 is 1.90 bits per heavy atom. The average Bonchev–Trinajstić information content (AvgIpc) is 3.18. The van der Waals surface area contributed by atoms with Gasteiger partial charge in [-0.1, -0.05) is 0 Å². The van der Waals surface area contributed by atoms with Gasteiger partial charge in [-0.05, 0) is 12.8 Å². The van der Waals surface area contributed by atoms with Crippen molar-refractivity contribution in [3.05, 3.63) is 32.6 Å². The van der Waals surface area contributed by atoms with Gasteiger partial charge < -0.3 is 9.47 Å². The van der Waals surface area contributed by atoms with Gasteiger partial charge in [0.25, 0.3) is 5.56 Å². The molecule has 108 valence electrons. The van der Waals surface area contributed by atoms with Crippen LogP contribution in [0.3, 0.4) is 0 Å². The number of carbonyl (C=O) groups is 1. The third kappa shape index (κ3) is 2.18. The molecular formula is C13H18N4O3. The molecule has 1 aromatic rings. The van der Waals surface area contributed by atoms with Crippen LogP contribution in [0.1, 0.15) is 18.4 Å². The van der Waals surface area contributed by atoms with Crippen molar-refractivity contribution in [2.24, 2.45) is 14.1 Å². The molecule has 0 radical (unpaired) electrons. The van der Waals surface area contributed by atoms with E-state index in [2.05, 4.69) is 0 Å². The number of hydrogen-bond donors (Lipinski definition) is 0. The molecule has 7 nitrogen and oxygen atoms in total. The van der Waals surface area contributed by atoms with E-state index in [0.29, 0.717) is 31.4 Å². The van der Waals surface area contributed by atoms with E-state index in [0.717, 1.165) is 17.4 Å². The molecule has 0 unspecified atom stereocenters. The van der Waals surface area contributed by atoms with Crippen LogP contribution in [0.5, 0.6) is 0 Å². The topological polar surface area (TPSA) is 67.6 Å². The molecule has 3 rings (SSSR count). The van der Waals surface area contributed by atoms with Crippen LogP contribution in [0.25, 0.3) is 0 Å². The van der Waals surface area contributed by atoms with Crippen LogP contribution < -0.4 is 11.2 Å². The molecule has 1 saturated heterocycles. The molecule has 0 aromatic carbocycles. The van der Waals surface area contributed by atoms with E-state index in [4.69, 9.17) is 0 Å². The zero-order chi connectivity index (χ0) is 14.4. The van der Waals surface area contributed by atoms with Crippen LogP contribution in [0.2, 0.25) is 0 Å². The summed E-state index contributed by atoms with van der Waals surface area (Å²) >= 11 is 0. The van der Waals surface area contributed by atoms with Crippen molar-refractivity contribution >= 4 is 5.91 Å². The zero-order valence-corrected chi connectivity index (χ0v) is 11.7. The van der Waals surface area contributed by atoms with E-state index < -0.39 is 0 Å². The molecule has 0 N–H and O–H groups in total. The fourth-order valence-electron chi connectivity index (χ4n) is 2.67. The van der Waals surface area contributed by atoms with E-state index in [9.17, 15) is 14.4 Å². The van der Waals surface area contributed by atoms with Gasteiger partial charge in [0, 0.05) is 38.4 Å². The fraction of sp³-hybridized carbons (Fsp3) is 0.615. The van der Waals surface area contributed by atoms with E-state index in [-0.39, 0.29) is 17.2 Å². The summed E-state index contributed by atoms with van der Waals surface area (Å²) in [5, 5.41) is 0. The molecule has 1 amide bonds. The number of amides is 1. The second kappa shape index (κ2) is 4.59. The second-order valence-electron chi connectivity index (χ2n) is 5.64. The minimum absolute atomic E-state index is 0.133. The van der Waals surface area contributed by atoms with Crippen molar-refractivity contribution in [3.63, 3.8) is 0 Å². The van der Waals surface area contributed by atoms with Gasteiger partial charge in [-0.25, -0.2) is 4.79 Å². The fourth-order valence-corrected chi connectivity index (χ4v) is 2.67. The monoisotopic (exact) mass is 278 g/mol. The van der Waals surface area contributed by atoms with E-state index in [1.54, 1.807) is 13.2 Å². The lowest BCUT2D eigenvalue weighted by Gasteiger charge is -2.17. The molecule has 0 bridgehead atoms. The van der Waals surface area contributed by atoms with Crippen LogP contribution in [0.4, 0.5) is 0 Å². The molecule has 2 heterocycles. The van der Waals surface area contributed by atoms with Gasteiger partial charge in [-0.15, -0.1) is 0 Å². The molecule has 1 aromatic heterocycles. The number of aromatic nitrogens is 2. The number of hydrogen-bond acceptors (Lipinski definition) is 4. The van der Waals surface area contributed by atoms with Crippen molar-refractivity contribution in [2.75, 3.05) is 13.2 Å². The second-order valence-corrected chi connectivity index (χ2v) is 5.64. The molecular weight excluding hydrogens is 260 g/mol. The summed E-state index contributed by atoms with van der Waals surface area (Å²) < 4.78 is 2.50. The Labute approximate surface area is 116 Å². The standard InChI is InChI=1S/C13H18N4O3/c1-14-5-9(12(19)15(2)13(14)20)6-16-7-11(18)17(8-16)10-3-4-10/h5,10H,3-4,6-8H2,1-2H3. The van der Waals surface area contributed by atoms with E-state index in [1.165, 1.54) is 11.6 Å². The molecule has 2 aliphatic rings. The number of aryl methyl sites for hydroxylation is 1. The van der Waals surface area contributed by atoms with Crippen molar-refractivity contribution in [3.8, 4) is 0 Å². The molecule has 1 saturated carbocycles. The Morgan fingerprint density at radius 1 is 1.20 bits per heavy atom. The maximum absolute atomic E-state index is 12.1. The van der Waals surface area contributed by atoms with Crippen LogP contribution in [-0.4, -0.2) is 44.1 Å². The summed E-state index contributed by atoms with van der Waals surface area (Å²) in [4.78, 5) is 39.4. The predicted octanol–water partition coefficient (Wildman–Crippen LogP) is -1.15. The van der Waals surface area contributed by atoms with Crippen molar-refractivity contribution in [1.29, 1.82) is 0 Å². The molecule has 0 atom stereocenters. The first kappa shape index (κ1) is 13.1. The SMILES string of the molecule is Cn1cc(CN2CC(=O)N(C3CC3)C2)c(=O)n(C)c1=O. The summed E-state index contributed by atoms with van der Waals surface area (Å²) in [7, 11) is 3.09. The van der Waals surface area contributed by atoms with Crippen molar-refractivity contribution in [2.45, 2.75) is 25.4 Å². The Morgan fingerprint density at radius 3 is 2.55 bits per heavy atom. The highest BCUT2D eigenvalue weighted by atomic mass is 16.2. The predicted molar refractivity (Wildman–Crippen MR) is 72.1 cm³/mol. The summed E-state index contributed by atoms with van der Waals surface area (Å²) in [6.07, 6.45) is 3.73. The highest BCUT2D eigenvalue weighted by Gasteiger charge is 2.38. The van der Waals surface area contributed by atoms with Gasteiger partial charge >= 0.3 is 5.69 Å². The van der Waals surface area contributed by atoms with E-state index >= 15 is 0 Å². The van der Waals surface area contributed by atoms with Crippen LogP contribution in [0, 0.1) is 0 Å². The lowest BCUT2D eigenvalue weighted by atomic mass is 10.3. The smallest absolute Gasteiger partial charge is 0.326 e. The summed E-state index contributed by atoms with van der Waals surface area (Å²) in [5.74, 6) is 0.133. The quantitative estimate of drug-likeness (QED) is 0.700. The molecule has 1 aliphatic carbocycles. The third-order valence-electron chi connectivity index (χ3n) is 3.93. The minimum Gasteiger partial charge on any atom is -0.326 e. The zero-order valence-electron chi connectivity index (χ0n) is 11.7. The van der Waals surface area contributed by atoms with Gasteiger partial charge in [0.2, 0.25) is 5.91 Å². The van der Waals surface area contributed by atoms with E-state index in [1.807, 2.05) is 9.80 Å². The molecule has 20 heavy (non-hydrogen) atoms. The Hall–Kier alpha value is -1.89. The lowest BCUT2D eigenvalue weighted by Crippen LogP contribution is -2.40. The Bertz CT molecular complexity index is 671. The Kier molecular flexibility index (Phi) is 3.01. The van der Waals surface area contributed by atoms with Crippen molar-refractivity contribution in [1.82, 2.24) is 18.9 Å². The number of rotatable bonds is 3. The number of nitrogens with zero attached hydrogens (tertiary/aromatic N) is 4. The maximum atomic E-state index is 12.1. The Balaban J connectivity index is 1.81. The highest BCUT2D eigenvalue weighted by Crippen LogP contribution is 2.29. The first-order chi connectivity index (χ1) is 9.47. The first-order valence-corrected chi connectivity index (χ1v) is 6.74. The minimum atomic E-state index is -0.337. The molecule has 0 spiro atoms. The van der Waals surface area contributed by atoms with Gasteiger partial charge in [0.05, 0.1) is 13.2 Å². The highest BCUT2D eigenvalue weighted by molar-refractivity contribution is 5.80. The van der Waals surface area contributed by atoms with Crippen LogP contribution in [-0.2, 0) is 25.4 Å². The maximum Gasteiger partial charge on any atom is 0.330 e. The summed E-state index contributed by atoms with van der Waals surface area (Å²) in [6.45, 7) is 1.33. The summed E-state index contributed by atoms with van der Waals surface area (Å²) in [6, 6.07) is 0.399. The van der Waals surface area contributed by atoms with Crippen LogP contribution in [0.15, 0.2) is 15.8 Å². The van der Waals surface area contributed by atoms with Gasteiger partial charge in [-0.2, -0.15) is 0 Å². The largest absolute Gasteiger partial charge is 0.330 e. The molecule has 2 fully saturated rings. The molecule has 1 aliphatic heterocycles. The first-order valence-electron chi connectivity index (χ1n) is 6.74. The normalized spacial score (nSPS) is 19.9. The van der Waals surface area contributed by atoms with Gasteiger partial charge in [-0.3, -0.25) is 19.1 Å². The lowest BCUT2D eigenvalue weighted by molar-refractivity contribution is -0.127. The van der Waals surface area contributed by atoms with Crippen LogP contribution >= 0.6 is 0 Å². The van der Waals surface area contributed by atoms with Crippen molar-refractivity contribution < 1.29 is 4.79 Å². The average molecular weight is 278 g/mol. The summed E-state index contributed by atoms with van der Waals surface area (Å²) in [5.41, 5.74) is -0.0821. The number of carbonyl (C=O) groups excluding carboxylic acids is 1.